The molecule has 3 rings (SSSR count). The molecule has 2 aromatic carbocycles. The third kappa shape index (κ3) is 5.22. The second-order valence-electron chi connectivity index (χ2n) is 6.79. The van der Waals surface area contributed by atoms with Gasteiger partial charge >= 0.3 is 0 Å². The van der Waals surface area contributed by atoms with Crippen LogP contribution in [0, 0.1) is 13.8 Å². The molecule has 0 aliphatic carbocycles. The zero-order valence-electron chi connectivity index (χ0n) is 16.7. The van der Waals surface area contributed by atoms with E-state index in [1.54, 1.807) is 6.07 Å². The fraction of sp³-hybridized carbons (Fsp3) is 0.227. The van der Waals surface area contributed by atoms with Gasteiger partial charge in [0.05, 0.1) is 11.4 Å². The Labute approximate surface area is 169 Å². The summed E-state index contributed by atoms with van der Waals surface area (Å²) in [7, 11) is 0. The van der Waals surface area contributed by atoms with Gasteiger partial charge < -0.3 is 5.32 Å². The fourth-order valence-electron chi connectivity index (χ4n) is 2.68. The lowest BCUT2D eigenvalue weighted by Gasteiger charge is -2.09. The van der Waals surface area contributed by atoms with Crippen LogP contribution in [0.4, 0.5) is 17.1 Å². The van der Waals surface area contributed by atoms with E-state index in [2.05, 4.69) is 20.6 Å². The fourth-order valence-corrected chi connectivity index (χ4v) is 2.68. The number of aryl methyl sites for hydroxylation is 3. The van der Waals surface area contributed by atoms with Crippen molar-refractivity contribution < 1.29 is 4.79 Å². The van der Waals surface area contributed by atoms with Crippen molar-refractivity contribution in [2.24, 2.45) is 10.2 Å². The molecule has 148 valence electrons. The molecule has 29 heavy (non-hydrogen) atoms. The summed E-state index contributed by atoms with van der Waals surface area (Å²) < 4.78 is 1.29. The van der Waals surface area contributed by atoms with Crippen LogP contribution in [0.25, 0.3) is 0 Å². The molecule has 0 aliphatic heterocycles. The van der Waals surface area contributed by atoms with Gasteiger partial charge in [0.2, 0.25) is 0 Å². The number of rotatable bonds is 6. The molecule has 7 heteroatoms. The molecule has 7 nitrogen and oxygen atoms in total. The van der Waals surface area contributed by atoms with E-state index >= 15 is 0 Å². The molecule has 0 bridgehead atoms. The van der Waals surface area contributed by atoms with Crippen LogP contribution in [0.2, 0.25) is 0 Å². The molecule has 3 aromatic rings. The normalized spacial score (nSPS) is 11.0. The Kier molecular flexibility index (Phi) is 6.29. The van der Waals surface area contributed by atoms with Crippen LogP contribution in [-0.2, 0) is 6.54 Å². The molecular formula is C22H23N5O2. The van der Waals surface area contributed by atoms with Crippen molar-refractivity contribution >= 4 is 23.0 Å². The number of anilines is 1. The third-order valence-electron chi connectivity index (χ3n) is 4.24. The Morgan fingerprint density at radius 2 is 1.72 bits per heavy atom. The molecule has 1 amide bonds. The highest BCUT2D eigenvalue weighted by Crippen LogP contribution is 2.28. The zero-order valence-corrected chi connectivity index (χ0v) is 16.7. The summed E-state index contributed by atoms with van der Waals surface area (Å²) >= 11 is 0. The van der Waals surface area contributed by atoms with E-state index in [1.807, 2.05) is 57.2 Å². The van der Waals surface area contributed by atoms with Gasteiger partial charge in [-0.25, -0.2) is 4.68 Å². The molecule has 1 aromatic heterocycles. The van der Waals surface area contributed by atoms with Gasteiger partial charge in [-0.1, -0.05) is 30.7 Å². The molecule has 1 heterocycles. The first-order valence-corrected chi connectivity index (χ1v) is 9.45. The summed E-state index contributed by atoms with van der Waals surface area (Å²) in [6.45, 7) is 6.35. The largest absolute Gasteiger partial charge is 0.319 e. The molecule has 0 saturated heterocycles. The lowest BCUT2D eigenvalue weighted by Crippen LogP contribution is -2.26. The van der Waals surface area contributed by atoms with Gasteiger partial charge in [0, 0.05) is 12.6 Å². The number of aromatic nitrogens is 2. The first-order chi connectivity index (χ1) is 14.0. The molecule has 0 radical (unpaired) electrons. The first-order valence-electron chi connectivity index (χ1n) is 9.45. The predicted molar refractivity (Wildman–Crippen MR) is 113 cm³/mol. The van der Waals surface area contributed by atoms with Crippen LogP contribution in [-0.4, -0.2) is 15.7 Å². The van der Waals surface area contributed by atoms with Gasteiger partial charge in [0.15, 0.2) is 0 Å². The molecule has 0 fully saturated rings. The van der Waals surface area contributed by atoms with E-state index in [9.17, 15) is 9.59 Å². The van der Waals surface area contributed by atoms with E-state index in [0.717, 1.165) is 23.2 Å². The van der Waals surface area contributed by atoms with E-state index in [-0.39, 0.29) is 11.3 Å². The minimum Gasteiger partial charge on any atom is -0.319 e. The Hall–Kier alpha value is -3.61. The minimum atomic E-state index is -0.412. The van der Waals surface area contributed by atoms with Crippen molar-refractivity contribution in [1.29, 1.82) is 0 Å². The number of nitrogens with zero attached hydrogens (tertiary/aromatic N) is 4. The highest BCUT2D eigenvalue weighted by molar-refractivity contribution is 6.04. The number of azo groups is 1. The molecule has 0 unspecified atom stereocenters. The molecule has 0 saturated carbocycles. The summed E-state index contributed by atoms with van der Waals surface area (Å²) in [4.78, 5) is 24.5. The Morgan fingerprint density at radius 1 is 1.00 bits per heavy atom. The molecular weight excluding hydrogens is 366 g/mol. The van der Waals surface area contributed by atoms with Crippen LogP contribution in [0.1, 0.15) is 35.0 Å². The average molecular weight is 389 g/mol. The number of hydrogen-bond donors (Lipinski definition) is 1. The lowest BCUT2D eigenvalue weighted by atomic mass is 10.2. The maximum Gasteiger partial charge on any atom is 0.276 e. The van der Waals surface area contributed by atoms with Crippen molar-refractivity contribution in [1.82, 2.24) is 9.78 Å². The van der Waals surface area contributed by atoms with Gasteiger partial charge in [-0.05, 0) is 56.2 Å². The molecule has 0 aliphatic rings. The number of benzene rings is 2. The average Bonchev–Trinajstić information content (AvgIpc) is 2.71. The van der Waals surface area contributed by atoms with Crippen LogP contribution < -0.4 is 10.9 Å². The van der Waals surface area contributed by atoms with E-state index in [4.69, 9.17) is 0 Å². The van der Waals surface area contributed by atoms with E-state index in [1.165, 1.54) is 16.8 Å². The number of carbonyl (C=O) groups is 1. The number of nitrogens with one attached hydrogen (secondary N) is 1. The SMILES string of the molecule is CCCn1nc(C(=O)Nc2ccc(C)cc2N=Nc2ccc(C)cc2)ccc1=O. The summed E-state index contributed by atoms with van der Waals surface area (Å²) in [5, 5.41) is 15.5. The van der Waals surface area contributed by atoms with Crippen LogP contribution in [0.3, 0.4) is 0 Å². The molecule has 1 N–H and O–H groups in total. The zero-order chi connectivity index (χ0) is 20.8. The quantitative estimate of drug-likeness (QED) is 0.606. The number of hydrogen-bond acceptors (Lipinski definition) is 5. The summed E-state index contributed by atoms with van der Waals surface area (Å²) in [5.41, 5.74) is 3.86. The Morgan fingerprint density at radius 3 is 2.45 bits per heavy atom. The molecule has 0 spiro atoms. The van der Waals surface area contributed by atoms with Gasteiger partial charge in [-0.15, -0.1) is 5.11 Å². The monoisotopic (exact) mass is 389 g/mol. The van der Waals surface area contributed by atoms with Gasteiger partial charge in [0.1, 0.15) is 11.4 Å². The van der Waals surface area contributed by atoms with Gasteiger partial charge in [0.25, 0.3) is 11.5 Å². The van der Waals surface area contributed by atoms with Crippen molar-refractivity contribution in [2.45, 2.75) is 33.7 Å². The highest BCUT2D eigenvalue weighted by Gasteiger charge is 2.12. The van der Waals surface area contributed by atoms with Crippen LogP contribution in [0.15, 0.2) is 69.6 Å². The molecule has 0 atom stereocenters. The Balaban J connectivity index is 1.85. The highest BCUT2D eigenvalue weighted by atomic mass is 16.2. The summed E-state index contributed by atoms with van der Waals surface area (Å²) in [6, 6.07) is 16.0. The summed E-state index contributed by atoms with van der Waals surface area (Å²) in [6.07, 6.45) is 0.749. The maximum atomic E-state index is 12.7. The van der Waals surface area contributed by atoms with Gasteiger partial charge in [-0.3, -0.25) is 9.59 Å². The summed E-state index contributed by atoms with van der Waals surface area (Å²) in [5.74, 6) is -0.412. The lowest BCUT2D eigenvalue weighted by molar-refractivity contribution is 0.102. The second-order valence-corrected chi connectivity index (χ2v) is 6.79. The maximum absolute atomic E-state index is 12.7. The van der Waals surface area contributed by atoms with Crippen LogP contribution >= 0.6 is 0 Å². The number of carbonyl (C=O) groups excluding carboxylic acids is 1. The predicted octanol–water partition coefficient (Wildman–Crippen LogP) is 4.94. The Bertz CT molecular complexity index is 1100. The smallest absolute Gasteiger partial charge is 0.276 e. The van der Waals surface area contributed by atoms with E-state index in [0.29, 0.717) is 17.9 Å². The van der Waals surface area contributed by atoms with Gasteiger partial charge in [-0.2, -0.15) is 10.2 Å². The first kappa shape index (κ1) is 20.1. The second kappa shape index (κ2) is 9.05. The third-order valence-corrected chi connectivity index (χ3v) is 4.24. The van der Waals surface area contributed by atoms with Crippen molar-refractivity contribution in [3.63, 3.8) is 0 Å². The van der Waals surface area contributed by atoms with Crippen molar-refractivity contribution in [3.8, 4) is 0 Å². The standard InChI is InChI=1S/C22H23N5O2/c1-4-13-27-21(28)12-11-19(26-27)22(29)23-18-10-7-16(3)14-20(18)25-24-17-8-5-15(2)6-9-17/h5-12,14H,4,13H2,1-3H3,(H,23,29). The topological polar surface area (TPSA) is 88.7 Å². The van der Waals surface area contributed by atoms with E-state index < -0.39 is 5.91 Å². The van der Waals surface area contributed by atoms with Crippen molar-refractivity contribution in [2.75, 3.05) is 5.32 Å². The van der Waals surface area contributed by atoms with Crippen LogP contribution in [0.5, 0.6) is 0 Å². The number of amides is 1. The minimum absolute atomic E-state index is 0.167. The van der Waals surface area contributed by atoms with Crippen molar-refractivity contribution in [3.05, 3.63) is 81.8 Å².